The van der Waals surface area contributed by atoms with Crippen molar-refractivity contribution in [2.45, 2.75) is 33.3 Å². The van der Waals surface area contributed by atoms with Crippen LogP contribution in [0.2, 0.25) is 0 Å². The molecular formula is C23H24O4. The Hall–Kier alpha value is -2.98. The number of benzene rings is 3. The maximum atomic E-state index is 12.1. The van der Waals surface area contributed by atoms with Crippen LogP contribution < -0.4 is 0 Å². The molecule has 27 heavy (non-hydrogen) atoms. The summed E-state index contributed by atoms with van der Waals surface area (Å²) < 4.78 is 0. The van der Waals surface area contributed by atoms with E-state index in [9.17, 15) is 20.4 Å². The van der Waals surface area contributed by atoms with Crippen molar-refractivity contribution < 1.29 is 20.4 Å². The second-order valence-electron chi connectivity index (χ2n) is 7.16. The van der Waals surface area contributed by atoms with Crippen LogP contribution in [0.5, 0.6) is 17.2 Å². The third kappa shape index (κ3) is 3.13. The van der Waals surface area contributed by atoms with Crippen molar-refractivity contribution in [1.82, 2.24) is 0 Å². The van der Waals surface area contributed by atoms with E-state index in [-0.39, 0.29) is 17.2 Å². The molecule has 140 valence electrons. The molecule has 0 saturated carbocycles. The molecule has 0 heterocycles. The van der Waals surface area contributed by atoms with E-state index in [2.05, 4.69) is 0 Å². The summed E-state index contributed by atoms with van der Waals surface area (Å²) in [6.07, 6.45) is 0. The van der Waals surface area contributed by atoms with Gasteiger partial charge in [-0.2, -0.15) is 0 Å². The Morgan fingerprint density at radius 2 is 1.00 bits per heavy atom. The molecule has 3 aromatic rings. The largest absolute Gasteiger partial charge is 0.508 e. The monoisotopic (exact) mass is 364 g/mol. The molecule has 3 rings (SSSR count). The number of hydrogen-bond acceptors (Lipinski definition) is 4. The van der Waals surface area contributed by atoms with E-state index >= 15 is 0 Å². The van der Waals surface area contributed by atoms with Crippen LogP contribution in [0.15, 0.2) is 48.5 Å². The third-order valence-electron chi connectivity index (χ3n) is 5.15. The summed E-state index contributed by atoms with van der Waals surface area (Å²) in [5.41, 5.74) is 3.12. The van der Waals surface area contributed by atoms with E-state index in [1.165, 1.54) is 12.1 Å². The van der Waals surface area contributed by atoms with Gasteiger partial charge in [0.2, 0.25) is 0 Å². The van der Waals surface area contributed by atoms with E-state index in [1.807, 2.05) is 13.8 Å². The zero-order valence-corrected chi connectivity index (χ0v) is 15.9. The van der Waals surface area contributed by atoms with Gasteiger partial charge in [0.05, 0.1) is 0 Å². The Balaban J connectivity index is 2.40. The number of aliphatic hydroxyl groups is 1. The van der Waals surface area contributed by atoms with Crippen molar-refractivity contribution in [3.05, 3.63) is 87.5 Å². The molecule has 4 nitrogen and oxygen atoms in total. The van der Waals surface area contributed by atoms with Crippen molar-refractivity contribution in [2.75, 3.05) is 0 Å². The molecule has 0 bridgehead atoms. The fourth-order valence-corrected chi connectivity index (χ4v) is 3.54. The summed E-state index contributed by atoms with van der Waals surface area (Å²) in [5, 5.41) is 41.9. The van der Waals surface area contributed by atoms with Crippen LogP contribution >= 0.6 is 0 Å². The molecule has 0 amide bonds. The molecule has 0 aliphatic carbocycles. The lowest BCUT2D eigenvalue weighted by molar-refractivity contribution is 0.124. The fraction of sp³-hybridized carbons (Fsp3) is 0.217. The third-order valence-corrected chi connectivity index (χ3v) is 5.15. The topological polar surface area (TPSA) is 80.9 Å². The number of aryl methyl sites for hydroxylation is 4. The second kappa shape index (κ2) is 6.63. The molecule has 0 atom stereocenters. The van der Waals surface area contributed by atoms with Gasteiger partial charge in [0.1, 0.15) is 22.8 Å². The Kier molecular flexibility index (Phi) is 4.62. The normalized spacial score (nSPS) is 11.6. The van der Waals surface area contributed by atoms with Gasteiger partial charge >= 0.3 is 0 Å². The van der Waals surface area contributed by atoms with Gasteiger partial charge in [-0.05, 0) is 103 Å². The Labute approximate surface area is 159 Å². The lowest BCUT2D eigenvalue weighted by Gasteiger charge is -2.33. The van der Waals surface area contributed by atoms with Crippen molar-refractivity contribution in [3.63, 3.8) is 0 Å². The summed E-state index contributed by atoms with van der Waals surface area (Å²) in [5.74, 6) is 0.448. The molecule has 4 N–H and O–H groups in total. The van der Waals surface area contributed by atoms with Gasteiger partial charge < -0.3 is 20.4 Å². The van der Waals surface area contributed by atoms with Crippen molar-refractivity contribution >= 4 is 0 Å². The van der Waals surface area contributed by atoms with Crippen molar-refractivity contribution in [3.8, 4) is 17.2 Å². The molecule has 0 aliphatic heterocycles. The molecule has 0 aliphatic rings. The highest BCUT2D eigenvalue weighted by atomic mass is 16.3. The molecular weight excluding hydrogens is 340 g/mol. The smallest absolute Gasteiger partial charge is 0.141 e. The summed E-state index contributed by atoms with van der Waals surface area (Å²) in [6.45, 7) is 7.24. The molecule has 0 saturated heterocycles. The van der Waals surface area contributed by atoms with E-state index in [1.54, 1.807) is 50.2 Å². The summed E-state index contributed by atoms with van der Waals surface area (Å²) in [6, 6.07) is 13.3. The summed E-state index contributed by atoms with van der Waals surface area (Å²) in [4.78, 5) is 0. The molecule has 3 aromatic carbocycles. The first kappa shape index (κ1) is 18.8. The highest BCUT2D eigenvalue weighted by molar-refractivity contribution is 5.57. The minimum atomic E-state index is -1.52. The van der Waals surface area contributed by atoms with Crippen molar-refractivity contribution in [1.29, 1.82) is 0 Å². The SMILES string of the molecule is Cc1cc(C(O)(c2ccc(O)cc2)c2cc(C)c(O)cc2C)c(C)cc1O. The number of phenols is 3. The lowest BCUT2D eigenvalue weighted by Crippen LogP contribution is -2.31. The zero-order valence-electron chi connectivity index (χ0n) is 15.9. The van der Waals surface area contributed by atoms with E-state index in [4.69, 9.17) is 0 Å². The maximum absolute atomic E-state index is 12.1. The van der Waals surface area contributed by atoms with Crippen LogP contribution in [-0.4, -0.2) is 20.4 Å². The first-order valence-corrected chi connectivity index (χ1v) is 8.78. The first-order valence-electron chi connectivity index (χ1n) is 8.78. The minimum absolute atomic E-state index is 0.110. The van der Waals surface area contributed by atoms with Gasteiger partial charge in [-0.1, -0.05) is 12.1 Å². The van der Waals surface area contributed by atoms with Gasteiger partial charge in [0, 0.05) is 0 Å². The number of rotatable bonds is 3. The van der Waals surface area contributed by atoms with E-state index < -0.39 is 5.60 Å². The van der Waals surface area contributed by atoms with E-state index in [0.717, 1.165) is 11.1 Å². The quantitative estimate of drug-likeness (QED) is 0.522. The van der Waals surface area contributed by atoms with Gasteiger partial charge in [0.15, 0.2) is 0 Å². The van der Waals surface area contributed by atoms with Crippen molar-refractivity contribution in [2.24, 2.45) is 0 Å². The Morgan fingerprint density at radius 3 is 1.41 bits per heavy atom. The number of aromatic hydroxyl groups is 3. The highest BCUT2D eigenvalue weighted by Gasteiger charge is 2.37. The predicted molar refractivity (Wildman–Crippen MR) is 105 cm³/mol. The molecule has 0 unspecified atom stereocenters. The molecule has 0 radical (unpaired) electrons. The van der Waals surface area contributed by atoms with Gasteiger partial charge in [-0.25, -0.2) is 0 Å². The van der Waals surface area contributed by atoms with Gasteiger partial charge in [-0.15, -0.1) is 0 Å². The van der Waals surface area contributed by atoms with Crippen LogP contribution in [0, 0.1) is 27.7 Å². The van der Waals surface area contributed by atoms with Crippen LogP contribution in [-0.2, 0) is 5.60 Å². The van der Waals surface area contributed by atoms with Crippen LogP contribution in [0.1, 0.15) is 38.9 Å². The maximum Gasteiger partial charge on any atom is 0.141 e. The van der Waals surface area contributed by atoms with Crippen LogP contribution in [0.3, 0.4) is 0 Å². The Bertz CT molecular complexity index is 946. The molecule has 0 fully saturated rings. The lowest BCUT2D eigenvalue weighted by atomic mass is 9.76. The molecule has 4 heteroatoms. The van der Waals surface area contributed by atoms with Gasteiger partial charge in [-0.3, -0.25) is 0 Å². The van der Waals surface area contributed by atoms with E-state index in [0.29, 0.717) is 27.8 Å². The molecule has 0 spiro atoms. The minimum Gasteiger partial charge on any atom is -0.508 e. The van der Waals surface area contributed by atoms with Crippen LogP contribution in [0.4, 0.5) is 0 Å². The predicted octanol–water partition coefficient (Wildman–Crippen LogP) is 4.32. The number of phenolic OH excluding ortho intramolecular Hbond substituents is 3. The van der Waals surface area contributed by atoms with Gasteiger partial charge in [0.25, 0.3) is 0 Å². The highest BCUT2D eigenvalue weighted by Crippen LogP contribution is 2.43. The average molecular weight is 364 g/mol. The molecule has 0 aromatic heterocycles. The second-order valence-corrected chi connectivity index (χ2v) is 7.16. The first-order chi connectivity index (χ1) is 12.6. The fourth-order valence-electron chi connectivity index (χ4n) is 3.54. The standard InChI is InChI=1S/C23H24O4/c1-13-11-21(25)15(3)9-19(13)23(27,17-5-7-18(24)8-6-17)20-10-16(4)22(26)12-14(20)2/h5-12,24-27H,1-4H3. The average Bonchev–Trinajstić information content (AvgIpc) is 2.61. The van der Waals surface area contributed by atoms with Crippen LogP contribution in [0.25, 0.3) is 0 Å². The summed E-state index contributed by atoms with van der Waals surface area (Å²) in [7, 11) is 0. The zero-order chi connectivity index (χ0) is 19.9. The summed E-state index contributed by atoms with van der Waals surface area (Å²) >= 11 is 0. The number of hydrogen-bond donors (Lipinski definition) is 4. The Morgan fingerprint density at radius 1 is 0.593 bits per heavy atom.